The van der Waals surface area contributed by atoms with Crippen LogP contribution in [0.2, 0.25) is 0 Å². The zero-order valence-corrected chi connectivity index (χ0v) is 16.2. The summed E-state index contributed by atoms with van der Waals surface area (Å²) < 4.78 is 52.7. The van der Waals surface area contributed by atoms with Crippen molar-refractivity contribution in [1.29, 1.82) is 0 Å². The van der Waals surface area contributed by atoms with E-state index in [1.807, 2.05) is 6.08 Å². The second-order valence-electron chi connectivity index (χ2n) is 7.07. The lowest BCUT2D eigenvalue weighted by Gasteiger charge is -2.27. The van der Waals surface area contributed by atoms with Crippen molar-refractivity contribution in [1.82, 2.24) is 0 Å². The third-order valence-electron chi connectivity index (χ3n) is 5.34. The lowest BCUT2D eigenvalue weighted by atomic mass is 9.78. The summed E-state index contributed by atoms with van der Waals surface area (Å²) in [5.41, 5.74) is 0.937. The van der Waals surface area contributed by atoms with Crippen LogP contribution in [-0.4, -0.2) is 13.7 Å². The SMILES string of the molecule is CCOc1ccc(C2CCC(/C=C/c3ccc(OC)cc3F)CC2)c(F)c1F. The van der Waals surface area contributed by atoms with E-state index in [1.165, 1.54) is 19.2 Å². The standard InChI is InChI=1S/C23H25F3O2/c1-3-28-21-13-12-19(22(25)23(21)26)16-7-4-15(5-8-16)6-9-17-10-11-18(27-2)14-20(17)24/h6,9-16H,3-5,7-8H2,1-2H3/b9-6+. The third kappa shape index (κ3) is 4.51. The zero-order chi connectivity index (χ0) is 20.1. The Kier molecular flexibility index (Phi) is 6.65. The Labute approximate surface area is 164 Å². The van der Waals surface area contributed by atoms with E-state index in [-0.39, 0.29) is 17.5 Å². The number of hydrogen-bond donors (Lipinski definition) is 0. The molecule has 0 N–H and O–H groups in total. The van der Waals surface area contributed by atoms with Gasteiger partial charge in [-0.3, -0.25) is 0 Å². The van der Waals surface area contributed by atoms with E-state index >= 15 is 0 Å². The van der Waals surface area contributed by atoms with Gasteiger partial charge in [-0.15, -0.1) is 0 Å². The molecule has 0 atom stereocenters. The van der Waals surface area contributed by atoms with E-state index in [0.717, 1.165) is 25.7 Å². The van der Waals surface area contributed by atoms with Gasteiger partial charge in [0.1, 0.15) is 11.6 Å². The van der Waals surface area contributed by atoms with Crippen molar-refractivity contribution in [2.75, 3.05) is 13.7 Å². The minimum Gasteiger partial charge on any atom is -0.497 e. The molecule has 1 aliphatic carbocycles. The summed E-state index contributed by atoms with van der Waals surface area (Å²) in [6, 6.07) is 7.92. The van der Waals surface area contributed by atoms with Crippen molar-refractivity contribution in [3.05, 3.63) is 65.0 Å². The molecule has 5 heteroatoms. The second kappa shape index (κ2) is 9.18. The van der Waals surface area contributed by atoms with Gasteiger partial charge in [-0.1, -0.05) is 18.2 Å². The molecule has 2 nitrogen and oxygen atoms in total. The first-order chi connectivity index (χ1) is 13.5. The average Bonchev–Trinajstić information content (AvgIpc) is 2.71. The molecule has 2 aromatic rings. The average molecular weight is 390 g/mol. The smallest absolute Gasteiger partial charge is 0.200 e. The molecule has 1 aliphatic rings. The predicted molar refractivity (Wildman–Crippen MR) is 104 cm³/mol. The molecule has 0 radical (unpaired) electrons. The Bertz CT molecular complexity index is 840. The topological polar surface area (TPSA) is 18.5 Å². The maximum Gasteiger partial charge on any atom is 0.200 e. The van der Waals surface area contributed by atoms with Crippen LogP contribution in [0.5, 0.6) is 11.5 Å². The fourth-order valence-corrected chi connectivity index (χ4v) is 3.76. The molecule has 150 valence electrons. The van der Waals surface area contributed by atoms with Gasteiger partial charge in [-0.25, -0.2) is 8.78 Å². The number of benzene rings is 2. The van der Waals surface area contributed by atoms with Gasteiger partial charge < -0.3 is 9.47 Å². The minimum atomic E-state index is -0.906. The predicted octanol–water partition coefficient (Wildman–Crippen LogP) is 6.50. The summed E-state index contributed by atoms with van der Waals surface area (Å²) in [7, 11) is 1.50. The van der Waals surface area contributed by atoms with Crippen LogP contribution in [0.1, 0.15) is 49.7 Å². The normalized spacial score (nSPS) is 19.8. The van der Waals surface area contributed by atoms with Gasteiger partial charge in [-0.2, -0.15) is 4.39 Å². The third-order valence-corrected chi connectivity index (χ3v) is 5.34. The van der Waals surface area contributed by atoms with E-state index in [0.29, 0.717) is 29.4 Å². The van der Waals surface area contributed by atoms with Gasteiger partial charge in [0, 0.05) is 11.6 Å². The molecule has 0 saturated heterocycles. The summed E-state index contributed by atoms with van der Waals surface area (Å²) in [5, 5.41) is 0. The van der Waals surface area contributed by atoms with E-state index in [2.05, 4.69) is 0 Å². The molecule has 3 rings (SSSR count). The summed E-state index contributed by atoms with van der Waals surface area (Å²) in [4.78, 5) is 0. The maximum absolute atomic E-state index is 14.4. The highest BCUT2D eigenvalue weighted by Gasteiger charge is 2.25. The fraction of sp³-hybridized carbons (Fsp3) is 0.391. The fourth-order valence-electron chi connectivity index (χ4n) is 3.76. The highest BCUT2D eigenvalue weighted by molar-refractivity contribution is 5.52. The molecule has 0 amide bonds. The largest absolute Gasteiger partial charge is 0.497 e. The van der Waals surface area contributed by atoms with Crippen molar-refractivity contribution in [2.45, 2.75) is 38.5 Å². The highest BCUT2D eigenvalue weighted by atomic mass is 19.2. The second-order valence-corrected chi connectivity index (χ2v) is 7.07. The van der Waals surface area contributed by atoms with Gasteiger partial charge in [-0.05, 0) is 68.2 Å². The number of rotatable bonds is 6. The van der Waals surface area contributed by atoms with Crippen LogP contribution in [0.4, 0.5) is 13.2 Å². The van der Waals surface area contributed by atoms with Crippen LogP contribution >= 0.6 is 0 Å². The van der Waals surface area contributed by atoms with E-state index in [4.69, 9.17) is 9.47 Å². The van der Waals surface area contributed by atoms with E-state index in [9.17, 15) is 13.2 Å². The van der Waals surface area contributed by atoms with Gasteiger partial charge >= 0.3 is 0 Å². The first kappa shape index (κ1) is 20.3. The molecular weight excluding hydrogens is 365 g/mol. The molecular formula is C23H25F3O2. The van der Waals surface area contributed by atoms with Crippen molar-refractivity contribution in [3.8, 4) is 11.5 Å². The van der Waals surface area contributed by atoms with Gasteiger partial charge in [0.15, 0.2) is 11.6 Å². The lowest BCUT2D eigenvalue weighted by Crippen LogP contribution is -2.14. The molecule has 0 aromatic heterocycles. The van der Waals surface area contributed by atoms with Gasteiger partial charge in [0.2, 0.25) is 5.82 Å². The van der Waals surface area contributed by atoms with Crippen LogP contribution in [0.25, 0.3) is 6.08 Å². The number of halogens is 3. The first-order valence-corrected chi connectivity index (χ1v) is 9.65. The molecule has 1 fully saturated rings. The Balaban J connectivity index is 1.62. The summed E-state index contributed by atoms with van der Waals surface area (Å²) in [6.07, 6.45) is 7.04. The molecule has 0 unspecified atom stereocenters. The first-order valence-electron chi connectivity index (χ1n) is 9.65. The Morgan fingerprint density at radius 3 is 2.39 bits per heavy atom. The minimum absolute atomic E-state index is 0.00690. The number of allylic oxidation sites excluding steroid dienone is 1. The summed E-state index contributed by atoms with van der Waals surface area (Å²) >= 11 is 0. The summed E-state index contributed by atoms with van der Waals surface area (Å²) in [6.45, 7) is 2.03. The maximum atomic E-state index is 14.4. The lowest BCUT2D eigenvalue weighted by molar-refractivity contribution is 0.310. The van der Waals surface area contributed by atoms with Crippen LogP contribution in [0, 0.1) is 23.4 Å². The molecule has 0 spiro atoms. The zero-order valence-electron chi connectivity index (χ0n) is 16.2. The highest BCUT2D eigenvalue weighted by Crippen LogP contribution is 2.39. The van der Waals surface area contributed by atoms with Crippen LogP contribution in [-0.2, 0) is 0 Å². The van der Waals surface area contributed by atoms with Gasteiger partial charge in [0.05, 0.1) is 13.7 Å². The molecule has 2 aromatic carbocycles. The Hall–Kier alpha value is -2.43. The van der Waals surface area contributed by atoms with Crippen LogP contribution in [0.15, 0.2) is 36.4 Å². The molecule has 28 heavy (non-hydrogen) atoms. The van der Waals surface area contributed by atoms with E-state index < -0.39 is 11.6 Å². The Morgan fingerprint density at radius 1 is 1.00 bits per heavy atom. The molecule has 1 saturated carbocycles. The van der Waals surface area contributed by atoms with Crippen LogP contribution in [0.3, 0.4) is 0 Å². The van der Waals surface area contributed by atoms with Crippen molar-refractivity contribution in [3.63, 3.8) is 0 Å². The van der Waals surface area contributed by atoms with Crippen LogP contribution < -0.4 is 9.47 Å². The summed E-state index contributed by atoms with van der Waals surface area (Å²) in [5.74, 6) is -1.29. The Morgan fingerprint density at radius 2 is 1.75 bits per heavy atom. The van der Waals surface area contributed by atoms with Crippen molar-refractivity contribution >= 4 is 6.08 Å². The number of methoxy groups -OCH3 is 1. The van der Waals surface area contributed by atoms with Crippen molar-refractivity contribution < 1.29 is 22.6 Å². The molecule has 0 bridgehead atoms. The number of ether oxygens (including phenoxy) is 2. The molecule has 0 heterocycles. The molecule has 0 aliphatic heterocycles. The monoisotopic (exact) mass is 390 g/mol. The van der Waals surface area contributed by atoms with Crippen molar-refractivity contribution in [2.24, 2.45) is 5.92 Å². The van der Waals surface area contributed by atoms with E-state index in [1.54, 1.807) is 31.2 Å². The quantitative estimate of drug-likeness (QED) is 0.561. The number of hydrogen-bond acceptors (Lipinski definition) is 2. The van der Waals surface area contributed by atoms with Gasteiger partial charge in [0.25, 0.3) is 0 Å².